The number of fused-ring (bicyclic) bond motifs is 6. The largest absolute Gasteiger partial charge is 0.354 e. The van der Waals surface area contributed by atoms with Crippen LogP contribution in [0.5, 0.6) is 0 Å². The molecule has 11 aliphatic rings. The third-order valence-corrected chi connectivity index (χ3v) is 17.5. The Balaban J connectivity index is 1.12. The standard InChI is InChI=1S/C44H50N4O2/c1-3-17-47-19-15-43-31-9-5-7-11-33(31)45-39(43)37-29(23-35(43)47)27(25-47)13-21-49-41(37)46-34-12-8-6-10-32(34)44-16-20-48(18-4-2)26-28-14-22-50-42(45)38(40(44)46)30(28)24-36(44)48/h3-14,29-30,35-42H,1-2,15-26H2/q+2/t29-,30-,35-,36?,37+,38+,39-,40-,41+,42+,43+,44+,47-,48-/m0/s1. The Morgan fingerprint density at radius 1 is 0.680 bits per heavy atom. The second-order valence-electron chi connectivity index (χ2n) is 18.3. The molecular formula is C44H50N4O2+2. The normalized spacial score (nSPS) is 49.8. The fraction of sp³-hybridized carbons (Fsp3) is 0.545. The molecule has 13 rings (SSSR count). The first-order valence-corrected chi connectivity index (χ1v) is 19.9. The average molecular weight is 667 g/mol. The third-order valence-electron chi connectivity index (χ3n) is 17.5. The molecule has 7 fully saturated rings. The zero-order chi connectivity index (χ0) is 32.8. The van der Waals surface area contributed by atoms with Gasteiger partial charge in [0.25, 0.3) is 0 Å². The van der Waals surface area contributed by atoms with Crippen LogP contribution in [0, 0.1) is 23.7 Å². The molecule has 1 unspecified atom stereocenters. The third kappa shape index (κ3) is 2.82. The lowest BCUT2D eigenvalue weighted by molar-refractivity contribution is -0.938. The Hall–Kier alpha value is -3.16. The molecule has 0 amide bonds. The lowest BCUT2D eigenvalue weighted by atomic mass is 9.52. The molecular weight excluding hydrogens is 617 g/mol. The molecule has 9 aliphatic heterocycles. The summed E-state index contributed by atoms with van der Waals surface area (Å²) in [5.74, 6) is 1.79. The highest BCUT2D eigenvalue weighted by molar-refractivity contribution is 5.72. The molecule has 256 valence electrons. The number of para-hydroxylation sites is 2. The van der Waals surface area contributed by atoms with Crippen molar-refractivity contribution in [2.75, 3.05) is 62.3 Å². The van der Waals surface area contributed by atoms with E-state index in [1.807, 2.05) is 0 Å². The van der Waals surface area contributed by atoms with Gasteiger partial charge in [0.2, 0.25) is 0 Å². The highest BCUT2D eigenvalue weighted by Gasteiger charge is 2.80. The van der Waals surface area contributed by atoms with Crippen LogP contribution in [0.1, 0.15) is 36.8 Å². The van der Waals surface area contributed by atoms with Crippen molar-refractivity contribution in [2.45, 2.75) is 73.1 Å². The molecule has 14 atom stereocenters. The average Bonchev–Trinajstić information content (AvgIpc) is 3.75. The number of hydrogen-bond donors (Lipinski definition) is 0. The minimum Gasteiger partial charge on any atom is -0.354 e. The second-order valence-corrected chi connectivity index (χ2v) is 18.3. The number of anilines is 2. The lowest BCUT2D eigenvalue weighted by Crippen LogP contribution is -2.78. The summed E-state index contributed by atoms with van der Waals surface area (Å²) in [5, 5.41) is 0. The molecule has 9 heterocycles. The molecule has 2 aromatic carbocycles. The van der Waals surface area contributed by atoms with E-state index in [0.29, 0.717) is 47.8 Å². The van der Waals surface area contributed by atoms with Crippen LogP contribution < -0.4 is 9.80 Å². The number of hydrogen-bond acceptors (Lipinski definition) is 4. The molecule has 50 heavy (non-hydrogen) atoms. The highest BCUT2D eigenvalue weighted by Crippen LogP contribution is 2.72. The van der Waals surface area contributed by atoms with Gasteiger partial charge >= 0.3 is 0 Å². The predicted molar refractivity (Wildman–Crippen MR) is 195 cm³/mol. The first-order chi connectivity index (χ1) is 24.6. The van der Waals surface area contributed by atoms with Gasteiger partial charge in [0.05, 0.1) is 62.3 Å². The molecule has 2 aliphatic carbocycles. The number of piperidine rings is 2. The van der Waals surface area contributed by atoms with Crippen molar-refractivity contribution < 1.29 is 18.4 Å². The van der Waals surface area contributed by atoms with Gasteiger partial charge in [-0.25, -0.2) is 0 Å². The van der Waals surface area contributed by atoms with E-state index in [9.17, 15) is 0 Å². The van der Waals surface area contributed by atoms with Gasteiger partial charge in [-0.3, -0.25) is 0 Å². The van der Waals surface area contributed by atoms with Crippen LogP contribution >= 0.6 is 0 Å². The van der Waals surface area contributed by atoms with E-state index in [2.05, 4.69) is 95.8 Å². The maximum absolute atomic E-state index is 7.51. The minimum absolute atomic E-state index is 0.0382. The number of rotatable bonds is 4. The van der Waals surface area contributed by atoms with Crippen molar-refractivity contribution in [3.8, 4) is 0 Å². The molecule has 2 spiro atoms. The van der Waals surface area contributed by atoms with Crippen molar-refractivity contribution in [1.82, 2.24) is 0 Å². The first-order valence-electron chi connectivity index (χ1n) is 19.9. The van der Waals surface area contributed by atoms with Crippen molar-refractivity contribution in [3.63, 3.8) is 0 Å². The Labute approximate surface area is 296 Å². The highest BCUT2D eigenvalue weighted by atomic mass is 16.5. The van der Waals surface area contributed by atoms with Crippen LogP contribution in [0.3, 0.4) is 0 Å². The SMILES string of the molecule is C=CC[N@+]12CC[C@@]34c5ccccc5N5[C@@H]6OCC=C7C[N@+]8(CC=C)CC[C@]9%10c%11ccccc%11N([C@@H]%11OCC=C(C1)[C@H](CC32)[C@@H]%11[C@H]54)[C@H]9[C@H]6[C@H]7C[C@@H]%108. The van der Waals surface area contributed by atoms with Crippen LogP contribution in [-0.2, 0) is 20.3 Å². The van der Waals surface area contributed by atoms with Crippen LogP contribution in [0.25, 0.3) is 0 Å². The summed E-state index contributed by atoms with van der Waals surface area (Å²) >= 11 is 0. The minimum atomic E-state index is 0.0382. The van der Waals surface area contributed by atoms with E-state index in [1.165, 1.54) is 59.1 Å². The zero-order valence-corrected chi connectivity index (χ0v) is 29.2. The van der Waals surface area contributed by atoms with Crippen LogP contribution in [-0.4, -0.2) is 98.1 Å². The fourth-order valence-corrected chi connectivity index (χ4v) is 16.4. The smallest absolute Gasteiger partial charge is 0.136 e. The number of quaternary nitrogens is 2. The molecule has 0 radical (unpaired) electrons. The van der Waals surface area contributed by atoms with Gasteiger partial charge in [-0.05, 0) is 46.6 Å². The maximum atomic E-state index is 7.51. The van der Waals surface area contributed by atoms with Crippen molar-refractivity contribution in [1.29, 1.82) is 0 Å². The Morgan fingerprint density at radius 2 is 1.14 bits per heavy atom. The lowest BCUT2D eigenvalue weighted by Gasteiger charge is -2.65. The van der Waals surface area contributed by atoms with Gasteiger partial charge in [0.1, 0.15) is 37.6 Å². The Kier molecular flexibility index (Phi) is 5.15. The number of ether oxygens (including phenoxy) is 2. The summed E-state index contributed by atoms with van der Waals surface area (Å²) in [7, 11) is 0. The Bertz CT molecular complexity index is 1830. The quantitative estimate of drug-likeness (QED) is 0.311. The molecule has 5 saturated heterocycles. The van der Waals surface area contributed by atoms with Gasteiger partial charge in [0.15, 0.2) is 0 Å². The molecule has 4 bridgehead atoms. The van der Waals surface area contributed by atoms with Crippen molar-refractivity contribution in [3.05, 3.63) is 108 Å². The van der Waals surface area contributed by atoms with E-state index < -0.39 is 0 Å². The summed E-state index contributed by atoms with van der Waals surface area (Å²) in [4.78, 5) is 5.95. The van der Waals surface area contributed by atoms with Crippen LogP contribution in [0.4, 0.5) is 11.4 Å². The van der Waals surface area contributed by atoms with Crippen molar-refractivity contribution >= 4 is 11.4 Å². The summed E-state index contributed by atoms with van der Waals surface area (Å²) in [5.41, 5.74) is 9.71. The van der Waals surface area contributed by atoms with Crippen LogP contribution in [0.2, 0.25) is 0 Å². The molecule has 6 nitrogen and oxygen atoms in total. The van der Waals surface area contributed by atoms with Gasteiger partial charge in [-0.1, -0.05) is 61.7 Å². The summed E-state index contributed by atoms with van der Waals surface area (Å²) in [6, 6.07) is 21.3. The van der Waals surface area contributed by atoms with E-state index >= 15 is 0 Å². The second kappa shape index (κ2) is 9.06. The fourth-order valence-electron chi connectivity index (χ4n) is 16.4. The first kappa shape index (κ1) is 28.4. The summed E-state index contributed by atoms with van der Waals surface area (Å²) < 4.78 is 17.4. The van der Waals surface area contributed by atoms with E-state index in [4.69, 9.17) is 9.47 Å². The monoisotopic (exact) mass is 666 g/mol. The predicted octanol–water partition coefficient (Wildman–Crippen LogP) is 5.67. The maximum Gasteiger partial charge on any atom is 0.136 e. The molecule has 0 aromatic heterocycles. The zero-order valence-electron chi connectivity index (χ0n) is 29.2. The van der Waals surface area contributed by atoms with Gasteiger partial charge in [-0.15, -0.1) is 0 Å². The van der Waals surface area contributed by atoms with Gasteiger partial charge < -0.3 is 28.2 Å². The molecule has 6 heteroatoms. The summed E-state index contributed by atoms with van der Waals surface area (Å²) in [6.45, 7) is 17.1. The molecule has 2 saturated carbocycles. The van der Waals surface area contributed by atoms with E-state index in [1.54, 1.807) is 22.3 Å². The van der Waals surface area contributed by atoms with Gasteiger partial charge in [0, 0.05) is 60.7 Å². The number of benzene rings is 2. The Morgan fingerprint density at radius 3 is 1.60 bits per heavy atom. The molecule has 0 N–H and O–H groups in total. The molecule has 2 aromatic rings. The van der Waals surface area contributed by atoms with E-state index in [0.717, 1.165) is 39.4 Å². The van der Waals surface area contributed by atoms with E-state index in [-0.39, 0.29) is 23.3 Å². The summed E-state index contributed by atoms with van der Waals surface area (Å²) in [6.07, 6.45) is 14.7. The van der Waals surface area contributed by atoms with Crippen molar-refractivity contribution in [2.24, 2.45) is 23.7 Å². The topological polar surface area (TPSA) is 24.9 Å². The number of nitrogens with zero attached hydrogens (tertiary/aromatic N) is 4. The van der Waals surface area contributed by atoms with Crippen LogP contribution in [0.15, 0.2) is 97.1 Å². The van der Waals surface area contributed by atoms with Gasteiger partial charge in [-0.2, -0.15) is 0 Å².